The van der Waals surface area contributed by atoms with Crippen molar-refractivity contribution in [1.29, 1.82) is 0 Å². The van der Waals surface area contributed by atoms with Gasteiger partial charge in [-0.25, -0.2) is 0 Å². The second-order valence-electron chi connectivity index (χ2n) is 6.69. The van der Waals surface area contributed by atoms with E-state index in [0.717, 1.165) is 38.9 Å². The largest absolute Gasteiger partial charge is 0.372 e. The summed E-state index contributed by atoms with van der Waals surface area (Å²) in [7, 11) is 0. The van der Waals surface area contributed by atoms with Crippen LogP contribution < -0.4 is 5.32 Å². The first-order valence-electron chi connectivity index (χ1n) is 8.40. The molecule has 2 atom stereocenters. The van der Waals surface area contributed by atoms with Crippen LogP contribution in [0.25, 0.3) is 0 Å². The molecule has 2 unspecified atom stereocenters. The summed E-state index contributed by atoms with van der Waals surface area (Å²) >= 11 is 0. The fraction of sp³-hybridized carbons (Fsp3) is 0.824. The fourth-order valence-electron chi connectivity index (χ4n) is 3.21. The average Bonchev–Trinajstić information content (AvgIpc) is 2.95. The number of ether oxygens (including phenoxy) is 1. The quantitative estimate of drug-likeness (QED) is 0.840. The highest BCUT2D eigenvalue weighted by atomic mass is 16.5. The van der Waals surface area contributed by atoms with E-state index >= 15 is 0 Å². The summed E-state index contributed by atoms with van der Waals surface area (Å²) in [5, 5.41) is 8.17. The van der Waals surface area contributed by atoms with Crippen molar-refractivity contribution in [3.8, 4) is 0 Å². The number of nitrogens with one attached hydrogen (secondary N) is 1. The first kappa shape index (κ1) is 16.5. The number of hydrogen-bond acceptors (Lipinski definition) is 3. The van der Waals surface area contributed by atoms with Crippen LogP contribution in [0.1, 0.15) is 50.6 Å². The lowest BCUT2D eigenvalue weighted by Gasteiger charge is -2.16. The van der Waals surface area contributed by atoms with Gasteiger partial charge in [0.25, 0.3) is 0 Å². The van der Waals surface area contributed by atoms with Gasteiger partial charge in [-0.05, 0) is 51.1 Å². The van der Waals surface area contributed by atoms with Gasteiger partial charge in [-0.15, -0.1) is 0 Å². The molecule has 1 fully saturated rings. The molecule has 0 saturated carbocycles. The Morgan fingerprint density at radius 1 is 1.29 bits per heavy atom. The maximum atomic E-state index is 6.16. The van der Waals surface area contributed by atoms with Gasteiger partial charge in [0, 0.05) is 12.2 Å². The van der Waals surface area contributed by atoms with Crippen molar-refractivity contribution in [2.45, 2.75) is 72.6 Å². The minimum absolute atomic E-state index is 0.318. The van der Waals surface area contributed by atoms with Gasteiger partial charge in [-0.2, -0.15) is 5.10 Å². The highest BCUT2D eigenvalue weighted by molar-refractivity contribution is 5.24. The Morgan fingerprint density at radius 2 is 2.00 bits per heavy atom. The SMILES string of the molecule is CCc1c(C)nn(CC2CCC(CNCC(C)C)O2)c1C. The van der Waals surface area contributed by atoms with E-state index in [1.165, 1.54) is 17.0 Å². The zero-order valence-electron chi connectivity index (χ0n) is 14.3. The lowest BCUT2D eigenvalue weighted by molar-refractivity contribution is 0.0336. The maximum absolute atomic E-state index is 6.16. The number of aryl methyl sites for hydroxylation is 1. The smallest absolute Gasteiger partial charge is 0.0776 e. The van der Waals surface area contributed by atoms with E-state index in [1.807, 2.05) is 0 Å². The fourth-order valence-corrected chi connectivity index (χ4v) is 3.21. The summed E-state index contributed by atoms with van der Waals surface area (Å²) in [6.07, 6.45) is 4.06. The summed E-state index contributed by atoms with van der Waals surface area (Å²) < 4.78 is 8.30. The van der Waals surface area contributed by atoms with Gasteiger partial charge >= 0.3 is 0 Å². The van der Waals surface area contributed by atoms with Gasteiger partial charge in [0.05, 0.1) is 24.4 Å². The molecule has 1 N–H and O–H groups in total. The molecule has 0 radical (unpaired) electrons. The molecule has 0 spiro atoms. The lowest BCUT2D eigenvalue weighted by atomic mass is 10.1. The van der Waals surface area contributed by atoms with Crippen LogP contribution in [0, 0.1) is 19.8 Å². The Balaban J connectivity index is 1.82. The molecule has 1 aromatic rings. The molecule has 21 heavy (non-hydrogen) atoms. The average molecular weight is 293 g/mol. The van der Waals surface area contributed by atoms with E-state index < -0.39 is 0 Å². The van der Waals surface area contributed by atoms with Crippen LogP contribution >= 0.6 is 0 Å². The Labute approximate surface area is 129 Å². The first-order chi connectivity index (χ1) is 10.0. The highest BCUT2D eigenvalue weighted by Crippen LogP contribution is 2.22. The molecule has 1 aliphatic heterocycles. The normalized spacial score (nSPS) is 22.4. The van der Waals surface area contributed by atoms with Crippen LogP contribution in [0.15, 0.2) is 0 Å². The molecule has 4 heteroatoms. The Kier molecular flexibility index (Phi) is 5.82. The Morgan fingerprint density at radius 3 is 2.62 bits per heavy atom. The molecular weight excluding hydrogens is 262 g/mol. The van der Waals surface area contributed by atoms with Gasteiger partial charge in [-0.1, -0.05) is 20.8 Å². The third-order valence-electron chi connectivity index (χ3n) is 4.38. The van der Waals surface area contributed by atoms with Crippen molar-refractivity contribution in [1.82, 2.24) is 15.1 Å². The van der Waals surface area contributed by atoms with Crippen LogP contribution in [0.4, 0.5) is 0 Å². The summed E-state index contributed by atoms with van der Waals surface area (Å²) in [5.41, 5.74) is 3.87. The number of nitrogens with zero attached hydrogens (tertiary/aromatic N) is 2. The van der Waals surface area contributed by atoms with Crippen molar-refractivity contribution >= 4 is 0 Å². The standard InChI is InChI=1S/C17H31N3O/c1-6-17-13(4)19-20(14(17)5)11-16-8-7-15(21-16)10-18-9-12(2)3/h12,15-16,18H,6-11H2,1-5H3. The molecule has 2 rings (SSSR count). The summed E-state index contributed by atoms with van der Waals surface area (Å²) in [6.45, 7) is 13.9. The van der Waals surface area contributed by atoms with Gasteiger partial charge in [0.15, 0.2) is 0 Å². The predicted octanol–water partition coefficient (Wildman–Crippen LogP) is 2.86. The van der Waals surface area contributed by atoms with Crippen molar-refractivity contribution in [3.05, 3.63) is 17.0 Å². The van der Waals surface area contributed by atoms with Gasteiger partial charge in [0.2, 0.25) is 0 Å². The molecule has 1 aliphatic rings. The molecule has 0 bridgehead atoms. The predicted molar refractivity (Wildman–Crippen MR) is 86.7 cm³/mol. The molecular formula is C17H31N3O. The van der Waals surface area contributed by atoms with Gasteiger partial charge in [-0.3, -0.25) is 4.68 Å². The molecule has 1 saturated heterocycles. The molecule has 0 amide bonds. The second kappa shape index (κ2) is 7.41. The topological polar surface area (TPSA) is 39.1 Å². The maximum Gasteiger partial charge on any atom is 0.0776 e. The monoisotopic (exact) mass is 293 g/mol. The van der Waals surface area contributed by atoms with Crippen LogP contribution in [-0.4, -0.2) is 35.1 Å². The molecule has 120 valence electrons. The number of hydrogen-bond donors (Lipinski definition) is 1. The van der Waals surface area contributed by atoms with E-state index in [0.29, 0.717) is 18.1 Å². The van der Waals surface area contributed by atoms with Crippen LogP contribution in [0.3, 0.4) is 0 Å². The van der Waals surface area contributed by atoms with Gasteiger partial charge in [0.1, 0.15) is 0 Å². The van der Waals surface area contributed by atoms with E-state index in [-0.39, 0.29) is 0 Å². The molecule has 0 aromatic carbocycles. The molecule has 2 heterocycles. The minimum Gasteiger partial charge on any atom is -0.372 e. The van der Waals surface area contributed by atoms with E-state index in [4.69, 9.17) is 4.74 Å². The summed E-state index contributed by atoms with van der Waals surface area (Å²) in [4.78, 5) is 0. The minimum atomic E-state index is 0.318. The second-order valence-corrected chi connectivity index (χ2v) is 6.69. The third kappa shape index (κ3) is 4.30. The lowest BCUT2D eigenvalue weighted by Crippen LogP contribution is -2.30. The van der Waals surface area contributed by atoms with Crippen molar-refractivity contribution in [3.63, 3.8) is 0 Å². The Hall–Kier alpha value is -0.870. The zero-order chi connectivity index (χ0) is 15.4. The van der Waals surface area contributed by atoms with Crippen molar-refractivity contribution < 1.29 is 4.74 Å². The number of aromatic nitrogens is 2. The molecule has 4 nitrogen and oxygen atoms in total. The van der Waals surface area contributed by atoms with Crippen molar-refractivity contribution in [2.24, 2.45) is 5.92 Å². The van der Waals surface area contributed by atoms with Crippen LogP contribution in [-0.2, 0) is 17.7 Å². The molecule has 0 aliphatic carbocycles. The number of rotatable bonds is 7. The molecule has 1 aromatic heterocycles. The third-order valence-corrected chi connectivity index (χ3v) is 4.38. The van der Waals surface area contributed by atoms with Gasteiger partial charge < -0.3 is 10.1 Å². The zero-order valence-corrected chi connectivity index (χ0v) is 14.3. The van der Waals surface area contributed by atoms with E-state index in [1.54, 1.807) is 0 Å². The van der Waals surface area contributed by atoms with Crippen molar-refractivity contribution in [2.75, 3.05) is 13.1 Å². The van der Waals surface area contributed by atoms with Crippen LogP contribution in [0.2, 0.25) is 0 Å². The van der Waals surface area contributed by atoms with E-state index in [9.17, 15) is 0 Å². The first-order valence-corrected chi connectivity index (χ1v) is 8.40. The highest BCUT2D eigenvalue weighted by Gasteiger charge is 2.26. The summed E-state index contributed by atoms with van der Waals surface area (Å²) in [5.74, 6) is 0.698. The Bertz CT molecular complexity index is 453. The summed E-state index contributed by atoms with van der Waals surface area (Å²) in [6, 6.07) is 0. The van der Waals surface area contributed by atoms with E-state index in [2.05, 4.69) is 49.7 Å². The van der Waals surface area contributed by atoms with Crippen LogP contribution in [0.5, 0.6) is 0 Å².